The molecule has 0 atom stereocenters. The molecule has 0 bridgehead atoms. The molecule has 0 aliphatic heterocycles. The Balaban J connectivity index is 2.62. The number of rotatable bonds is 0. The van der Waals surface area contributed by atoms with Gasteiger partial charge in [-0.05, 0) is 25.1 Å². The van der Waals surface area contributed by atoms with Crippen molar-refractivity contribution in [2.45, 2.75) is 6.92 Å². The minimum atomic E-state index is 0.715. The molecule has 0 saturated carbocycles. The molecule has 0 amide bonds. The van der Waals surface area contributed by atoms with Crippen LogP contribution in [0.5, 0.6) is 0 Å². The Morgan fingerprint density at radius 3 is 2.93 bits per heavy atom. The van der Waals surface area contributed by atoms with Gasteiger partial charge in [0.1, 0.15) is 0 Å². The molecule has 0 aliphatic rings. The van der Waals surface area contributed by atoms with Crippen molar-refractivity contribution in [1.29, 1.82) is 0 Å². The molecule has 0 saturated heterocycles. The number of aromatic amines is 1. The predicted molar refractivity (Wildman–Crippen MR) is 61.1 cm³/mol. The smallest absolute Gasteiger partial charge is 0.0932 e. The second-order valence-electron chi connectivity index (χ2n) is 3.50. The van der Waals surface area contributed by atoms with Crippen LogP contribution in [0.2, 0.25) is 5.02 Å². The van der Waals surface area contributed by atoms with Crippen molar-refractivity contribution in [1.82, 2.24) is 15.0 Å². The topological polar surface area (TPSA) is 41.6 Å². The van der Waals surface area contributed by atoms with Crippen LogP contribution in [0.15, 0.2) is 24.5 Å². The molecule has 0 aliphatic carbocycles. The van der Waals surface area contributed by atoms with Crippen LogP contribution in [0, 0.1) is 6.92 Å². The van der Waals surface area contributed by atoms with E-state index in [1.165, 1.54) is 0 Å². The third-order valence-corrected chi connectivity index (χ3v) is 2.74. The first-order valence-electron chi connectivity index (χ1n) is 4.64. The quantitative estimate of drug-likeness (QED) is 0.629. The fourth-order valence-electron chi connectivity index (χ4n) is 1.81. The molecule has 4 heteroatoms. The van der Waals surface area contributed by atoms with E-state index in [0.29, 0.717) is 5.02 Å². The number of imidazole rings is 1. The SMILES string of the molecule is Cc1cc(Cl)c2c(ccc3nc[nH]c32)n1. The first kappa shape index (κ1) is 8.68. The maximum absolute atomic E-state index is 6.21. The molecule has 2 heterocycles. The molecule has 2 aromatic heterocycles. The van der Waals surface area contributed by atoms with Gasteiger partial charge in [0, 0.05) is 11.1 Å². The lowest BCUT2D eigenvalue weighted by molar-refractivity contribution is 1.26. The van der Waals surface area contributed by atoms with Gasteiger partial charge in [-0.2, -0.15) is 0 Å². The largest absolute Gasteiger partial charge is 0.344 e. The monoisotopic (exact) mass is 217 g/mol. The summed E-state index contributed by atoms with van der Waals surface area (Å²) in [5, 5.41) is 1.66. The second-order valence-corrected chi connectivity index (χ2v) is 3.91. The Hall–Kier alpha value is -1.61. The Morgan fingerprint density at radius 1 is 1.27 bits per heavy atom. The van der Waals surface area contributed by atoms with Crippen molar-refractivity contribution in [2.75, 3.05) is 0 Å². The van der Waals surface area contributed by atoms with E-state index in [0.717, 1.165) is 27.6 Å². The Morgan fingerprint density at radius 2 is 2.07 bits per heavy atom. The van der Waals surface area contributed by atoms with Gasteiger partial charge in [-0.25, -0.2) is 4.98 Å². The van der Waals surface area contributed by atoms with Crippen molar-refractivity contribution in [2.24, 2.45) is 0 Å². The van der Waals surface area contributed by atoms with E-state index < -0.39 is 0 Å². The van der Waals surface area contributed by atoms with Crippen LogP contribution in [0.25, 0.3) is 21.9 Å². The van der Waals surface area contributed by atoms with Crippen LogP contribution >= 0.6 is 11.6 Å². The summed E-state index contributed by atoms with van der Waals surface area (Å²) in [4.78, 5) is 11.7. The van der Waals surface area contributed by atoms with Crippen molar-refractivity contribution in [3.8, 4) is 0 Å². The number of H-pyrrole nitrogens is 1. The van der Waals surface area contributed by atoms with Gasteiger partial charge in [0.25, 0.3) is 0 Å². The van der Waals surface area contributed by atoms with Gasteiger partial charge in [-0.3, -0.25) is 4.98 Å². The molecule has 74 valence electrons. The lowest BCUT2D eigenvalue weighted by Gasteiger charge is -2.02. The fraction of sp³-hybridized carbons (Fsp3) is 0.0909. The van der Waals surface area contributed by atoms with E-state index >= 15 is 0 Å². The van der Waals surface area contributed by atoms with Crippen LogP contribution in [0.1, 0.15) is 5.69 Å². The molecule has 0 radical (unpaired) electrons. The highest BCUT2D eigenvalue weighted by atomic mass is 35.5. The zero-order valence-corrected chi connectivity index (χ0v) is 8.84. The average Bonchev–Trinajstić information content (AvgIpc) is 2.63. The number of nitrogens with zero attached hydrogens (tertiary/aromatic N) is 2. The summed E-state index contributed by atoms with van der Waals surface area (Å²) in [5.41, 5.74) is 3.68. The number of fused-ring (bicyclic) bond motifs is 3. The number of hydrogen-bond acceptors (Lipinski definition) is 2. The van der Waals surface area contributed by atoms with Gasteiger partial charge >= 0.3 is 0 Å². The summed E-state index contributed by atoms with van der Waals surface area (Å²) in [7, 11) is 0. The van der Waals surface area contributed by atoms with E-state index in [9.17, 15) is 0 Å². The van der Waals surface area contributed by atoms with E-state index in [4.69, 9.17) is 11.6 Å². The molecule has 3 aromatic rings. The Bertz CT molecular complexity index is 657. The highest BCUT2D eigenvalue weighted by Crippen LogP contribution is 2.28. The van der Waals surface area contributed by atoms with E-state index in [2.05, 4.69) is 15.0 Å². The van der Waals surface area contributed by atoms with Gasteiger partial charge in [0.05, 0.1) is 27.9 Å². The van der Waals surface area contributed by atoms with Gasteiger partial charge < -0.3 is 4.98 Å². The molecule has 1 N–H and O–H groups in total. The van der Waals surface area contributed by atoms with Crippen molar-refractivity contribution < 1.29 is 0 Å². The van der Waals surface area contributed by atoms with E-state index in [1.54, 1.807) is 6.33 Å². The van der Waals surface area contributed by atoms with Crippen LogP contribution in [0.4, 0.5) is 0 Å². The number of aryl methyl sites for hydroxylation is 1. The molecular weight excluding hydrogens is 210 g/mol. The molecular formula is C11H8ClN3. The number of aromatic nitrogens is 3. The third kappa shape index (κ3) is 1.20. The predicted octanol–water partition coefficient (Wildman–Crippen LogP) is 3.07. The zero-order valence-electron chi connectivity index (χ0n) is 8.08. The number of nitrogens with one attached hydrogen (secondary N) is 1. The molecule has 1 aromatic carbocycles. The number of halogens is 1. The third-order valence-electron chi connectivity index (χ3n) is 2.45. The Kier molecular flexibility index (Phi) is 1.70. The first-order chi connectivity index (χ1) is 7.25. The van der Waals surface area contributed by atoms with Crippen LogP contribution in [-0.2, 0) is 0 Å². The number of benzene rings is 1. The van der Waals surface area contributed by atoms with Crippen molar-refractivity contribution in [3.05, 3.63) is 35.2 Å². The zero-order chi connectivity index (χ0) is 10.4. The normalized spacial score (nSPS) is 11.3. The highest BCUT2D eigenvalue weighted by Gasteiger charge is 2.07. The summed E-state index contributed by atoms with van der Waals surface area (Å²) < 4.78 is 0. The van der Waals surface area contributed by atoms with Gasteiger partial charge in [-0.15, -0.1) is 0 Å². The van der Waals surface area contributed by atoms with Gasteiger partial charge in [0.2, 0.25) is 0 Å². The highest BCUT2D eigenvalue weighted by molar-refractivity contribution is 6.37. The lowest BCUT2D eigenvalue weighted by Crippen LogP contribution is -1.85. The van der Waals surface area contributed by atoms with E-state index in [-0.39, 0.29) is 0 Å². The second kappa shape index (κ2) is 2.94. The molecule has 0 unspecified atom stereocenters. The van der Waals surface area contributed by atoms with E-state index in [1.807, 2.05) is 25.1 Å². The molecule has 15 heavy (non-hydrogen) atoms. The first-order valence-corrected chi connectivity index (χ1v) is 5.02. The fourth-order valence-corrected chi connectivity index (χ4v) is 2.16. The minimum absolute atomic E-state index is 0.715. The summed E-state index contributed by atoms with van der Waals surface area (Å²) in [6.45, 7) is 1.93. The number of pyridine rings is 1. The van der Waals surface area contributed by atoms with Gasteiger partial charge in [0.15, 0.2) is 0 Å². The molecule has 3 nitrogen and oxygen atoms in total. The molecule has 3 rings (SSSR count). The molecule has 0 spiro atoms. The average molecular weight is 218 g/mol. The summed E-state index contributed by atoms with van der Waals surface area (Å²) in [6.07, 6.45) is 1.67. The number of hydrogen-bond donors (Lipinski definition) is 1. The molecule has 0 fully saturated rings. The maximum Gasteiger partial charge on any atom is 0.0932 e. The van der Waals surface area contributed by atoms with Crippen LogP contribution in [-0.4, -0.2) is 15.0 Å². The maximum atomic E-state index is 6.21. The van der Waals surface area contributed by atoms with Crippen molar-refractivity contribution in [3.63, 3.8) is 0 Å². The van der Waals surface area contributed by atoms with Crippen LogP contribution < -0.4 is 0 Å². The van der Waals surface area contributed by atoms with Crippen LogP contribution in [0.3, 0.4) is 0 Å². The lowest BCUT2D eigenvalue weighted by atomic mass is 10.1. The summed E-state index contributed by atoms with van der Waals surface area (Å²) in [6, 6.07) is 5.75. The standard InChI is InChI=1S/C11H8ClN3/c1-6-4-7(12)10-8(15-6)2-3-9-11(10)14-5-13-9/h2-5H,1H3,(H,13,14). The minimum Gasteiger partial charge on any atom is -0.344 e. The summed E-state index contributed by atoms with van der Waals surface area (Å²) in [5.74, 6) is 0. The Labute approximate surface area is 91.1 Å². The summed E-state index contributed by atoms with van der Waals surface area (Å²) >= 11 is 6.21. The van der Waals surface area contributed by atoms with Crippen molar-refractivity contribution >= 4 is 33.5 Å². The van der Waals surface area contributed by atoms with Gasteiger partial charge in [-0.1, -0.05) is 11.6 Å².